The van der Waals surface area contributed by atoms with Gasteiger partial charge in [-0.15, -0.1) is 0 Å². The first-order chi connectivity index (χ1) is 12.3. The smallest absolute Gasteiger partial charge is 0.244 e. The van der Waals surface area contributed by atoms with Crippen molar-refractivity contribution in [3.63, 3.8) is 0 Å². The lowest BCUT2D eigenvalue weighted by Crippen LogP contribution is -2.24. The van der Waals surface area contributed by atoms with Crippen molar-refractivity contribution in [2.75, 3.05) is 7.11 Å². The minimum atomic E-state index is -3.75. The van der Waals surface area contributed by atoms with E-state index in [1.54, 1.807) is 12.1 Å². The van der Waals surface area contributed by atoms with Gasteiger partial charge in [-0.1, -0.05) is 26.0 Å². The first kappa shape index (κ1) is 18.4. The molecule has 2 aromatic carbocycles. The van der Waals surface area contributed by atoms with Crippen LogP contribution >= 0.6 is 0 Å². The minimum absolute atomic E-state index is 0.0745. The lowest BCUT2D eigenvalue weighted by Gasteiger charge is -2.16. The van der Waals surface area contributed by atoms with Gasteiger partial charge in [0.1, 0.15) is 16.5 Å². The van der Waals surface area contributed by atoms with Crippen LogP contribution in [0.3, 0.4) is 0 Å². The molecule has 0 radical (unpaired) electrons. The maximum atomic E-state index is 12.9. The fraction of sp³-hybridized carbons (Fsp3) is 0.316. The van der Waals surface area contributed by atoms with Gasteiger partial charge in [0.05, 0.1) is 24.7 Å². The standard InChI is InChI=1S/C19H23N3O3S/c1-12(2)14-10-18(17(25-4)9-13(14)3)26(23,24)20-11-19-21-15-7-5-6-8-16(15)22-19/h5-10,12,20H,11H2,1-4H3,(H,21,22). The van der Waals surface area contributed by atoms with Gasteiger partial charge in [0, 0.05) is 0 Å². The van der Waals surface area contributed by atoms with Crippen LogP contribution < -0.4 is 9.46 Å². The highest BCUT2D eigenvalue weighted by Crippen LogP contribution is 2.31. The van der Waals surface area contributed by atoms with E-state index in [0.29, 0.717) is 11.6 Å². The highest BCUT2D eigenvalue weighted by Gasteiger charge is 2.22. The fourth-order valence-electron chi connectivity index (χ4n) is 3.00. The molecule has 0 fully saturated rings. The minimum Gasteiger partial charge on any atom is -0.495 e. The lowest BCUT2D eigenvalue weighted by molar-refractivity contribution is 0.401. The van der Waals surface area contributed by atoms with Gasteiger partial charge in [0.15, 0.2) is 0 Å². The molecule has 26 heavy (non-hydrogen) atoms. The Hall–Kier alpha value is -2.38. The number of imidazole rings is 1. The van der Waals surface area contributed by atoms with E-state index in [2.05, 4.69) is 14.7 Å². The van der Waals surface area contributed by atoms with Gasteiger partial charge in [-0.2, -0.15) is 0 Å². The molecule has 0 unspecified atom stereocenters. The Labute approximate surface area is 153 Å². The predicted molar refractivity (Wildman–Crippen MR) is 102 cm³/mol. The van der Waals surface area contributed by atoms with Crippen LogP contribution in [0.15, 0.2) is 41.3 Å². The molecule has 0 saturated carbocycles. The molecular weight excluding hydrogens is 350 g/mol. The second-order valence-electron chi connectivity index (χ2n) is 6.54. The zero-order valence-corrected chi connectivity index (χ0v) is 16.1. The molecule has 0 aliphatic rings. The molecule has 0 aliphatic heterocycles. The number of aromatic nitrogens is 2. The number of sulfonamides is 1. The van der Waals surface area contributed by atoms with E-state index in [1.165, 1.54) is 7.11 Å². The van der Waals surface area contributed by atoms with Crippen LogP contribution in [0.25, 0.3) is 11.0 Å². The van der Waals surface area contributed by atoms with E-state index in [1.807, 2.05) is 45.0 Å². The van der Waals surface area contributed by atoms with Crippen LogP contribution in [-0.4, -0.2) is 25.5 Å². The second kappa shape index (κ2) is 7.09. The van der Waals surface area contributed by atoms with Gasteiger partial charge < -0.3 is 9.72 Å². The number of nitrogens with one attached hydrogen (secondary N) is 2. The molecule has 1 aromatic heterocycles. The summed E-state index contributed by atoms with van der Waals surface area (Å²) in [6, 6.07) is 11.0. The topological polar surface area (TPSA) is 84.1 Å². The van der Waals surface area contributed by atoms with Gasteiger partial charge in [0.25, 0.3) is 0 Å². The summed E-state index contributed by atoms with van der Waals surface area (Å²) in [5.41, 5.74) is 3.66. The van der Waals surface area contributed by atoms with Crippen molar-refractivity contribution in [1.29, 1.82) is 0 Å². The SMILES string of the molecule is COc1cc(C)c(C(C)C)cc1S(=O)(=O)NCc1nc2ccccc2[nH]1. The third kappa shape index (κ3) is 3.59. The number of fused-ring (bicyclic) bond motifs is 1. The summed E-state index contributed by atoms with van der Waals surface area (Å²) in [6.45, 7) is 6.10. The number of nitrogens with zero attached hydrogens (tertiary/aromatic N) is 1. The molecule has 138 valence electrons. The summed E-state index contributed by atoms with van der Waals surface area (Å²) in [5.74, 6) is 1.11. The van der Waals surface area contributed by atoms with Gasteiger partial charge in [-0.05, 0) is 48.2 Å². The molecule has 3 rings (SSSR count). The molecular formula is C19H23N3O3S. The van der Waals surface area contributed by atoms with Crippen LogP contribution in [0.5, 0.6) is 5.75 Å². The third-order valence-corrected chi connectivity index (χ3v) is 5.75. The maximum absolute atomic E-state index is 12.9. The molecule has 0 aliphatic carbocycles. The average Bonchev–Trinajstić information content (AvgIpc) is 3.02. The molecule has 0 bridgehead atoms. The number of ether oxygens (including phenoxy) is 1. The Morgan fingerprint density at radius 3 is 2.62 bits per heavy atom. The largest absolute Gasteiger partial charge is 0.495 e. The van der Waals surface area contributed by atoms with E-state index in [4.69, 9.17) is 4.74 Å². The summed E-state index contributed by atoms with van der Waals surface area (Å²) in [4.78, 5) is 7.66. The van der Waals surface area contributed by atoms with E-state index in [9.17, 15) is 8.42 Å². The molecule has 0 amide bonds. The number of rotatable bonds is 6. The Balaban J connectivity index is 1.90. The number of aromatic amines is 1. The Morgan fingerprint density at radius 1 is 1.23 bits per heavy atom. The summed E-state index contributed by atoms with van der Waals surface area (Å²) in [6.07, 6.45) is 0. The molecule has 3 aromatic rings. The average molecular weight is 373 g/mol. The van der Waals surface area contributed by atoms with Crippen LogP contribution in [0.4, 0.5) is 0 Å². The lowest BCUT2D eigenvalue weighted by atomic mass is 9.98. The van der Waals surface area contributed by atoms with Gasteiger partial charge in [-0.3, -0.25) is 0 Å². The predicted octanol–water partition coefficient (Wildman–Crippen LogP) is 3.48. The van der Waals surface area contributed by atoms with Crippen molar-refractivity contribution in [3.8, 4) is 5.75 Å². The molecule has 0 atom stereocenters. The van der Waals surface area contributed by atoms with Gasteiger partial charge >= 0.3 is 0 Å². The van der Waals surface area contributed by atoms with Gasteiger partial charge in [0.2, 0.25) is 10.0 Å². The van der Waals surface area contributed by atoms with E-state index < -0.39 is 10.0 Å². The molecule has 6 nitrogen and oxygen atoms in total. The second-order valence-corrected chi connectivity index (χ2v) is 8.27. The number of para-hydroxylation sites is 2. The Bertz CT molecular complexity index is 1010. The van der Waals surface area contributed by atoms with Crippen molar-refractivity contribution in [1.82, 2.24) is 14.7 Å². The Morgan fingerprint density at radius 2 is 1.96 bits per heavy atom. The first-order valence-corrected chi connectivity index (χ1v) is 9.92. The van der Waals surface area contributed by atoms with E-state index in [-0.39, 0.29) is 17.4 Å². The zero-order valence-electron chi connectivity index (χ0n) is 15.3. The fourth-order valence-corrected chi connectivity index (χ4v) is 4.17. The number of benzene rings is 2. The number of H-pyrrole nitrogens is 1. The summed E-state index contributed by atoms with van der Waals surface area (Å²) in [7, 11) is -2.27. The highest BCUT2D eigenvalue weighted by molar-refractivity contribution is 7.89. The maximum Gasteiger partial charge on any atom is 0.244 e. The number of aryl methyl sites for hydroxylation is 1. The normalized spacial score (nSPS) is 12.0. The van der Waals surface area contributed by atoms with Crippen molar-refractivity contribution >= 4 is 21.1 Å². The van der Waals surface area contributed by atoms with Crippen LogP contribution in [0, 0.1) is 6.92 Å². The number of hydrogen-bond donors (Lipinski definition) is 2. The quantitative estimate of drug-likeness (QED) is 0.693. The number of methoxy groups -OCH3 is 1. The summed E-state index contributed by atoms with van der Waals surface area (Å²) in [5, 5.41) is 0. The van der Waals surface area contributed by atoms with Crippen molar-refractivity contribution in [2.24, 2.45) is 0 Å². The molecule has 1 heterocycles. The monoisotopic (exact) mass is 373 g/mol. The van der Waals surface area contributed by atoms with Crippen molar-refractivity contribution < 1.29 is 13.2 Å². The van der Waals surface area contributed by atoms with E-state index in [0.717, 1.165) is 22.2 Å². The highest BCUT2D eigenvalue weighted by atomic mass is 32.2. The first-order valence-electron chi connectivity index (χ1n) is 8.43. The number of hydrogen-bond acceptors (Lipinski definition) is 4. The molecule has 0 saturated heterocycles. The van der Waals surface area contributed by atoms with Gasteiger partial charge in [-0.25, -0.2) is 18.1 Å². The van der Waals surface area contributed by atoms with Crippen LogP contribution in [0.2, 0.25) is 0 Å². The van der Waals surface area contributed by atoms with Crippen LogP contribution in [0.1, 0.15) is 36.7 Å². The van der Waals surface area contributed by atoms with Crippen molar-refractivity contribution in [3.05, 3.63) is 53.3 Å². The van der Waals surface area contributed by atoms with E-state index >= 15 is 0 Å². The summed E-state index contributed by atoms with van der Waals surface area (Å²) < 4.78 is 33.6. The summed E-state index contributed by atoms with van der Waals surface area (Å²) >= 11 is 0. The molecule has 2 N–H and O–H groups in total. The molecule has 7 heteroatoms. The molecule has 0 spiro atoms. The zero-order chi connectivity index (χ0) is 18.9. The third-order valence-electron chi connectivity index (χ3n) is 4.33. The van der Waals surface area contributed by atoms with Crippen molar-refractivity contribution in [2.45, 2.75) is 38.1 Å². The Kier molecular flexibility index (Phi) is 5.02. The van der Waals surface area contributed by atoms with Crippen LogP contribution in [-0.2, 0) is 16.6 Å².